The van der Waals surface area contributed by atoms with Crippen LogP contribution < -0.4 is 10.5 Å². The van der Waals surface area contributed by atoms with Crippen LogP contribution in [0.15, 0.2) is 24.3 Å². The molecule has 1 aromatic carbocycles. The molecule has 0 radical (unpaired) electrons. The number of carbonyl (C=O) groups excluding carboxylic acids is 1. The number of piperidine rings is 1. The SMILES string of the molecule is CC(C)Oc1ccccc1CN1C[C@@H](C(N)=O)CC[C@@H]1C(F)(F)F. The van der Waals surface area contributed by atoms with Gasteiger partial charge in [0.2, 0.25) is 5.91 Å². The van der Waals surface area contributed by atoms with Gasteiger partial charge in [-0.1, -0.05) is 18.2 Å². The zero-order valence-electron chi connectivity index (χ0n) is 13.8. The highest BCUT2D eigenvalue weighted by molar-refractivity contribution is 5.77. The van der Waals surface area contributed by atoms with E-state index >= 15 is 0 Å². The Hall–Kier alpha value is -1.76. The van der Waals surface area contributed by atoms with E-state index in [0.29, 0.717) is 11.3 Å². The fourth-order valence-electron chi connectivity index (χ4n) is 3.04. The summed E-state index contributed by atoms with van der Waals surface area (Å²) in [5.74, 6) is -0.538. The first-order valence-electron chi connectivity index (χ1n) is 8.03. The summed E-state index contributed by atoms with van der Waals surface area (Å²) in [6, 6.07) is 5.47. The van der Waals surface area contributed by atoms with Gasteiger partial charge in [0, 0.05) is 18.7 Å². The highest BCUT2D eigenvalue weighted by Gasteiger charge is 2.47. The topological polar surface area (TPSA) is 55.6 Å². The molecule has 2 rings (SSSR count). The molecule has 0 saturated carbocycles. The van der Waals surface area contributed by atoms with Gasteiger partial charge in [-0.3, -0.25) is 9.69 Å². The second-order valence-corrected chi connectivity index (χ2v) is 6.44. The number of nitrogens with two attached hydrogens (primary N) is 1. The molecule has 2 atom stereocenters. The molecular weight excluding hydrogens is 321 g/mol. The minimum Gasteiger partial charge on any atom is -0.491 e. The van der Waals surface area contributed by atoms with Crippen LogP contribution in [0.25, 0.3) is 0 Å². The Labute approximate surface area is 139 Å². The van der Waals surface area contributed by atoms with Crippen LogP contribution in [0, 0.1) is 5.92 Å². The van der Waals surface area contributed by atoms with E-state index in [1.807, 2.05) is 13.8 Å². The average Bonchev–Trinajstić information content (AvgIpc) is 2.47. The number of benzene rings is 1. The summed E-state index contributed by atoms with van der Waals surface area (Å²) < 4.78 is 45.7. The van der Waals surface area contributed by atoms with E-state index in [-0.39, 0.29) is 32.0 Å². The second kappa shape index (κ2) is 7.42. The van der Waals surface area contributed by atoms with Gasteiger partial charge in [-0.2, -0.15) is 13.2 Å². The first-order chi connectivity index (χ1) is 11.2. The van der Waals surface area contributed by atoms with Crippen molar-refractivity contribution in [3.8, 4) is 5.75 Å². The minimum atomic E-state index is -4.34. The Balaban J connectivity index is 2.24. The number of carbonyl (C=O) groups is 1. The maximum atomic E-state index is 13.3. The number of ether oxygens (including phenoxy) is 1. The molecule has 134 valence electrons. The van der Waals surface area contributed by atoms with Gasteiger partial charge in [-0.25, -0.2) is 0 Å². The molecule has 0 unspecified atom stereocenters. The van der Waals surface area contributed by atoms with Gasteiger partial charge in [0.1, 0.15) is 11.8 Å². The fraction of sp³-hybridized carbons (Fsp3) is 0.588. The van der Waals surface area contributed by atoms with E-state index in [0.717, 1.165) is 0 Å². The van der Waals surface area contributed by atoms with Gasteiger partial charge < -0.3 is 10.5 Å². The van der Waals surface area contributed by atoms with Crippen molar-refractivity contribution in [2.45, 2.75) is 51.6 Å². The lowest BCUT2D eigenvalue weighted by atomic mass is 9.91. The summed E-state index contributed by atoms with van der Waals surface area (Å²) in [7, 11) is 0. The van der Waals surface area contributed by atoms with Crippen molar-refractivity contribution in [3.05, 3.63) is 29.8 Å². The lowest BCUT2D eigenvalue weighted by Gasteiger charge is -2.39. The second-order valence-electron chi connectivity index (χ2n) is 6.44. The van der Waals surface area contributed by atoms with E-state index in [4.69, 9.17) is 10.5 Å². The highest BCUT2D eigenvalue weighted by atomic mass is 19.4. The third kappa shape index (κ3) is 4.63. The number of amides is 1. The van der Waals surface area contributed by atoms with E-state index in [1.54, 1.807) is 24.3 Å². The lowest BCUT2D eigenvalue weighted by Crippen LogP contribution is -2.52. The molecule has 4 nitrogen and oxygen atoms in total. The van der Waals surface area contributed by atoms with Crippen LogP contribution in [-0.2, 0) is 11.3 Å². The molecule has 0 aliphatic carbocycles. The Morgan fingerprint density at radius 1 is 1.33 bits per heavy atom. The molecule has 1 aliphatic heterocycles. The number of likely N-dealkylation sites (tertiary alicyclic amines) is 1. The molecule has 1 heterocycles. The molecule has 0 bridgehead atoms. The molecule has 1 amide bonds. The Kier molecular flexibility index (Phi) is 5.74. The predicted molar refractivity (Wildman–Crippen MR) is 84.4 cm³/mol. The van der Waals surface area contributed by atoms with Crippen LogP contribution in [0.3, 0.4) is 0 Å². The number of primary amides is 1. The Bertz CT molecular complexity index is 575. The zero-order valence-corrected chi connectivity index (χ0v) is 13.8. The molecule has 1 aliphatic rings. The quantitative estimate of drug-likeness (QED) is 0.893. The fourth-order valence-corrected chi connectivity index (χ4v) is 3.04. The zero-order chi connectivity index (χ0) is 17.9. The normalized spacial score (nSPS) is 22.6. The van der Waals surface area contributed by atoms with Gasteiger partial charge in [0.15, 0.2) is 0 Å². The summed E-state index contributed by atoms with van der Waals surface area (Å²) in [5, 5.41) is 0. The monoisotopic (exact) mass is 344 g/mol. The van der Waals surface area contributed by atoms with Gasteiger partial charge in [-0.05, 0) is 32.8 Å². The van der Waals surface area contributed by atoms with Crippen molar-refractivity contribution in [3.63, 3.8) is 0 Å². The van der Waals surface area contributed by atoms with Crippen LogP contribution in [0.1, 0.15) is 32.3 Å². The number of hydrogen-bond acceptors (Lipinski definition) is 3. The van der Waals surface area contributed by atoms with Gasteiger partial charge >= 0.3 is 6.18 Å². The van der Waals surface area contributed by atoms with Crippen molar-refractivity contribution in [2.24, 2.45) is 11.7 Å². The van der Waals surface area contributed by atoms with E-state index in [2.05, 4.69) is 0 Å². The van der Waals surface area contributed by atoms with Crippen LogP contribution in [0.4, 0.5) is 13.2 Å². The number of halogens is 3. The summed E-state index contributed by atoms with van der Waals surface area (Å²) in [4.78, 5) is 12.7. The number of para-hydroxylation sites is 1. The van der Waals surface area contributed by atoms with Gasteiger partial charge in [0.25, 0.3) is 0 Å². The third-order valence-corrected chi connectivity index (χ3v) is 4.17. The first-order valence-corrected chi connectivity index (χ1v) is 8.03. The molecule has 1 saturated heterocycles. The summed E-state index contributed by atoms with van der Waals surface area (Å²) in [6.07, 6.45) is -4.37. The van der Waals surface area contributed by atoms with Crippen LogP contribution in [-0.4, -0.2) is 35.7 Å². The maximum Gasteiger partial charge on any atom is 0.404 e. The Morgan fingerprint density at radius 3 is 2.58 bits per heavy atom. The average molecular weight is 344 g/mol. The molecular formula is C17H23F3N2O2. The van der Waals surface area contributed by atoms with Gasteiger partial charge in [-0.15, -0.1) is 0 Å². The van der Waals surface area contributed by atoms with Crippen molar-refractivity contribution in [2.75, 3.05) is 6.54 Å². The van der Waals surface area contributed by atoms with Crippen molar-refractivity contribution >= 4 is 5.91 Å². The molecule has 2 N–H and O–H groups in total. The molecule has 0 spiro atoms. The van der Waals surface area contributed by atoms with Crippen molar-refractivity contribution in [1.29, 1.82) is 0 Å². The summed E-state index contributed by atoms with van der Waals surface area (Å²) >= 11 is 0. The Morgan fingerprint density at radius 2 is 2.00 bits per heavy atom. The van der Waals surface area contributed by atoms with Crippen molar-refractivity contribution in [1.82, 2.24) is 4.90 Å². The number of hydrogen-bond donors (Lipinski definition) is 1. The van der Waals surface area contributed by atoms with Crippen LogP contribution in [0.5, 0.6) is 5.75 Å². The molecule has 1 fully saturated rings. The van der Waals surface area contributed by atoms with E-state index in [1.165, 1.54) is 4.90 Å². The van der Waals surface area contributed by atoms with Gasteiger partial charge in [0.05, 0.1) is 12.0 Å². The third-order valence-electron chi connectivity index (χ3n) is 4.17. The molecule has 7 heteroatoms. The van der Waals surface area contributed by atoms with Crippen molar-refractivity contribution < 1.29 is 22.7 Å². The lowest BCUT2D eigenvalue weighted by molar-refractivity contribution is -0.197. The van der Waals surface area contributed by atoms with E-state index in [9.17, 15) is 18.0 Å². The smallest absolute Gasteiger partial charge is 0.404 e. The number of nitrogens with zero attached hydrogens (tertiary/aromatic N) is 1. The van der Waals surface area contributed by atoms with Crippen LogP contribution in [0.2, 0.25) is 0 Å². The first kappa shape index (κ1) is 18.6. The summed E-state index contributed by atoms with van der Waals surface area (Å²) in [6.45, 7) is 3.80. The highest BCUT2D eigenvalue weighted by Crippen LogP contribution is 2.35. The van der Waals surface area contributed by atoms with Crippen LogP contribution >= 0.6 is 0 Å². The molecule has 1 aromatic rings. The number of rotatable bonds is 5. The standard InChI is InChI=1S/C17H23F3N2O2/c1-11(2)24-14-6-4-3-5-12(14)9-22-10-13(16(21)23)7-8-15(22)17(18,19)20/h3-6,11,13,15H,7-10H2,1-2H3,(H2,21,23)/t13-,15+/m0/s1. The molecule has 0 aromatic heterocycles. The predicted octanol–water partition coefficient (Wildman–Crippen LogP) is 3.10. The van der Waals surface area contributed by atoms with E-state index < -0.39 is 24.0 Å². The maximum absolute atomic E-state index is 13.3. The minimum absolute atomic E-state index is 0.00945. The largest absolute Gasteiger partial charge is 0.491 e. The molecule has 24 heavy (non-hydrogen) atoms. The number of alkyl halides is 3. The summed E-state index contributed by atoms with van der Waals surface area (Å²) in [5.41, 5.74) is 5.97.